The highest BCUT2D eigenvalue weighted by molar-refractivity contribution is 5.13. The third-order valence-corrected chi connectivity index (χ3v) is 5.02. The minimum Gasteiger partial charge on any atom is -0.367 e. The van der Waals surface area contributed by atoms with Gasteiger partial charge in [0.1, 0.15) is 5.54 Å². The molecule has 0 bridgehead atoms. The second kappa shape index (κ2) is 5.87. The topological polar surface area (TPSA) is 48.3 Å². The van der Waals surface area contributed by atoms with Gasteiger partial charge in [0.2, 0.25) is 0 Å². The Morgan fingerprint density at radius 2 is 1.86 bits per heavy atom. The monoisotopic (exact) mass is 293 g/mol. The van der Waals surface area contributed by atoms with Crippen molar-refractivity contribution in [2.24, 2.45) is 5.92 Å². The van der Waals surface area contributed by atoms with Crippen molar-refractivity contribution in [2.75, 3.05) is 26.7 Å². The maximum Gasteiger partial charge on any atom is 0.109 e. The Morgan fingerprint density at radius 3 is 2.38 bits per heavy atom. The fourth-order valence-electron chi connectivity index (χ4n) is 4.44. The summed E-state index contributed by atoms with van der Waals surface area (Å²) in [6.45, 7) is 11.7. The predicted octanol–water partition coefficient (Wildman–Crippen LogP) is 2.55. The summed E-state index contributed by atoms with van der Waals surface area (Å²) in [7, 11) is 1.93. The van der Waals surface area contributed by atoms with E-state index in [2.05, 4.69) is 44.0 Å². The van der Waals surface area contributed by atoms with Gasteiger partial charge < -0.3 is 10.1 Å². The van der Waals surface area contributed by atoms with E-state index in [1.165, 1.54) is 12.8 Å². The van der Waals surface area contributed by atoms with Crippen LogP contribution in [0.2, 0.25) is 0 Å². The van der Waals surface area contributed by atoms with E-state index >= 15 is 0 Å². The zero-order chi connectivity index (χ0) is 15.7. The predicted molar refractivity (Wildman–Crippen MR) is 85.0 cm³/mol. The summed E-state index contributed by atoms with van der Waals surface area (Å²) < 4.78 is 6.14. The maximum atomic E-state index is 9.54. The van der Waals surface area contributed by atoms with Crippen molar-refractivity contribution in [2.45, 2.75) is 70.1 Å². The smallest absolute Gasteiger partial charge is 0.109 e. The van der Waals surface area contributed by atoms with Crippen molar-refractivity contribution in [1.82, 2.24) is 10.2 Å². The normalized spacial score (nSPS) is 35.5. The van der Waals surface area contributed by atoms with E-state index < -0.39 is 0 Å². The van der Waals surface area contributed by atoms with E-state index in [0.29, 0.717) is 5.92 Å². The molecule has 0 spiro atoms. The minimum absolute atomic E-state index is 0.0905. The zero-order valence-electron chi connectivity index (χ0n) is 14.3. The summed E-state index contributed by atoms with van der Waals surface area (Å²) in [5, 5.41) is 12.8. The molecule has 0 aromatic rings. The van der Waals surface area contributed by atoms with E-state index in [-0.39, 0.29) is 16.7 Å². The summed E-state index contributed by atoms with van der Waals surface area (Å²) in [4.78, 5) is 2.51. The first-order valence-electron chi connectivity index (χ1n) is 8.25. The average Bonchev–Trinajstić information content (AvgIpc) is 2.76. The van der Waals surface area contributed by atoms with Crippen molar-refractivity contribution >= 4 is 0 Å². The highest BCUT2D eigenvalue weighted by atomic mass is 16.5. The molecule has 0 aromatic heterocycles. The fourth-order valence-corrected chi connectivity index (χ4v) is 4.44. The molecule has 1 aliphatic carbocycles. The first-order valence-corrected chi connectivity index (χ1v) is 8.25. The SMILES string of the molecule is CNC1(C#N)CCCC1CCN1CC(C)(C)OC(C)(C)C1. The molecule has 2 rings (SSSR count). The van der Waals surface area contributed by atoms with Gasteiger partial charge in [-0.3, -0.25) is 4.90 Å². The lowest BCUT2D eigenvalue weighted by Crippen LogP contribution is -2.57. The summed E-state index contributed by atoms with van der Waals surface area (Å²) >= 11 is 0. The van der Waals surface area contributed by atoms with Crippen LogP contribution in [-0.2, 0) is 4.74 Å². The van der Waals surface area contributed by atoms with Gasteiger partial charge >= 0.3 is 0 Å². The van der Waals surface area contributed by atoms with Crippen LogP contribution in [-0.4, -0.2) is 48.3 Å². The minimum atomic E-state index is -0.294. The molecule has 2 fully saturated rings. The quantitative estimate of drug-likeness (QED) is 0.865. The molecular weight excluding hydrogens is 262 g/mol. The second-order valence-corrected chi connectivity index (χ2v) is 8.04. The number of nitrogens with one attached hydrogen (secondary N) is 1. The first kappa shape index (κ1) is 16.7. The van der Waals surface area contributed by atoms with Crippen molar-refractivity contribution < 1.29 is 4.74 Å². The highest BCUT2D eigenvalue weighted by Crippen LogP contribution is 2.38. The van der Waals surface area contributed by atoms with Gasteiger partial charge in [-0.25, -0.2) is 0 Å². The van der Waals surface area contributed by atoms with Gasteiger partial charge in [-0.05, 0) is 66.5 Å². The summed E-state index contributed by atoms with van der Waals surface area (Å²) in [6.07, 6.45) is 4.43. The Morgan fingerprint density at radius 1 is 1.24 bits per heavy atom. The molecule has 21 heavy (non-hydrogen) atoms. The first-order chi connectivity index (χ1) is 9.72. The average molecular weight is 293 g/mol. The van der Waals surface area contributed by atoms with Crippen LogP contribution >= 0.6 is 0 Å². The van der Waals surface area contributed by atoms with Crippen molar-refractivity contribution in [3.8, 4) is 6.07 Å². The van der Waals surface area contributed by atoms with Gasteiger partial charge in [0, 0.05) is 13.1 Å². The van der Waals surface area contributed by atoms with Crippen LogP contribution in [0.1, 0.15) is 53.4 Å². The Labute approximate surface area is 129 Å². The highest BCUT2D eigenvalue weighted by Gasteiger charge is 2.43. The van der Waals surface area contributed by atoms with Crippen molar-refractivity contribution in [3.05, 3.63) is 0 Å². The van der Waals surface area contributed by atoms with Crippen LogP contribution in [0.15, 0.2) is 0 Å². The van der Waals surface area contributed by atoms with Crippen LogP contribution in [0.3, 0.4) is 0 Å². The Balaban J connectivity index is 1.95. The molecule has 0 aromatic carbocycles. The van der Waals surface area contributed by atoms with E-state index in [0.717, 1.165) is 32.5 Å². The summed E-state index contributed by atoms with van der Waals surface area (Å²) in [5.41, 5.74) is -0.475. The molecule has 1 saturated heterocycles. The second-order valence-electron chi connectivity index (χ2n) is 8.04. The lowest BCUT2D eigenvalue weighted by Gasteiger charge is -2.47. The molecule has 0 radical (unpaired) electrons. The number of rotatable bonds is 4. The number of morpholine rings is 1. The van der Waals surface area contributed by atoms with E-state index in [1.807, 2.05) is 7.05 Å². The molecule has 0 amide bonds. The third kappa shape index (κ3) is 3.77. The number of hydrogen-bond donors (Lipinski definition) is 1. The molecule has 2 aliphatic rings. The van der Waals surface area contributed by atoms with Crippen molar-refractivity contribution in [1.29, 1.82) is 5.26 Å². The zero-order valence-corrected chi connectivity index (χ0v) is 14.3. The molecule has 120 valence electrons. The number of ether oxygens (including phenoxy) is 1. The molecule has 1 N–H and O–H groups in total. The molecule has 2 unspecified atom stereocenters. The number of nitriles is 1. The van der Waals surface area contributed by atoms with Gasteiger partial charge in [0.15, 0.2) is 0 Å². The molecule has 1 aliphatic heterocycles. The number of nitrogens with zero attached hydrogens (tertiary/aromatic N) is 2. The van der Waals surface area contributed by atoms with Gasteiger partial charge in [-0.2, -0.15) is 5.26 Å². The lowest BCUT2D eigenvalue weighted by atomic mass is 9.85. The fraction of sp³-hybridized carbons (Fsp3) is 0.941. The van der Waals surface area contributed by atoms with Crippen LogP contribution in [0.4, 0.5) is 0 Å². The van der Waals surface area contributed by atoms with Crippen LogP contribution in [0.5, 0.6) is 0 Å². The third-order valence-electron chi connectivity index (χ3n) is 5.02. The van der Waals surface area contributed by atoms with Crippen LogP contribution in [0.25, 0.3) is 0 Å². The molecule has 1 saturated carbocycles. The number of hydrogen-bond acceptors (Lipinski definition) is 4. The maximum absolute atomic E-state index is 9.54. The lowest BCUT2D eigenvalue weighted by molar-refractivity contribution is -0.180. The van der Waals surface area contributed by atoms with Crippen molar-refractivity contribution in [3.63, 3.8) is 0 Å². The Kier molecular flexibility index (Phi) is 4.68. The molecule has 4 nitrogen and oxygen atoms in total. The largest absolute Gasteiger partial charge is 0.367 e. The molecular formula is C17H31N3O. The van der Waals surface area contributed by atoms with E-state index in [9.17, 15) is 5.26 Å². The molecule has 4 heteroatoms. The van der Waals surface area contributed by atoms with Gasteiger partial charge in [0.25, 0.3) is 0 Å². The molecule has 2 atom stereocenters. The van der Waals surface area contributed by atoms with Gasteiger partial charge in [-0.15, -0.1) is 0 Å². The molecule has 1 heterocycles. The van der Waals surface area contributed by atoms with Crippen LogP contribution < -0.4 is 5.32 Å². The summed E-state index contributed by atoms with van der Waals surface area (Å²) in [6, 6.07) is 2.54. The van der Waals surface area contributed by atoms with Gasteiger partial charge in [0.05, 0.1) is 17.3 Å². The van der Waals surface area contributed by atoms with Crippen LogP contribution in [0, 0.1) is 17.2 Å². The van der Waals surface area contributed by atoms with E-state index in [1.54, 1.807) is 0 Å². The standard InChI is InChI=1S/C17H31N3O/c1-15(2)12-20(13-16(3,4)21-15)10-8-14-7-6-9-17(14,11-18)19-5/h14,19H,6-10,12-13H2,1-5H3. The Bertz CT molecular complexity index is 397. The Hall–Kier alpha value is -0.630. The van der Waals surface area contributed by atoms with Gasteiger partial charge in [-0.1, -0.05) is 6.42 Å². The summed E-state index contributed by atoms with van der Waals surface area (Å²) in [5.74, 6) is 0.474. The van der Waals surface area contributed by atoms with E-state index in [4.69, 9.17) is 4.74 Å².